The van der Waals surface area contributed by atoms with Crippen LogP contribution in [0.2, 0.25) is 10.0 Å². The molecular weight excluding hydrogens is 447 g/mol. The summed E-state index contributed by atoms with van der Waals surface area (Å²) in [6.07, 6.45) is 2.98. The van der Waals surface area contributed by atoms with Crippen LogP contribution in [0, 0.1) is 11.3 Å². The van der Waals surface area contributed by atoms with Gasteiger partial charge in [-0.15, -0.1) is 6.58 Å². The van der Waals surface area contributed by atoms with Crippen molar-refractivity contribution in [3.05, 3.63) is 70.7 Å². The predicted octanol–water partition coefficient (Wildman–Crippen LogP) is 5.23. The highest BCUT2D eigenvalue weighted by Crippen LogP contribution is 2.30. The number of rotatable bonds is 10. The number of carbonyl (C=O) groups excluding carboxylic acids is 1. The SMILES string of the molecule is C=CCN(c1ccc(Cl)cc1)S(=O)(=O)c1cc(C(=O)OCCCCC#N)ccc1Cl. The zero-order valence-electron chi connectivity index (χ0n) is 16.1. The van der Waals surface area contributed by atoms with E-state index in [-0.39, 0.29) is 28.6 Å². The molecule has 0 saturated heterocycles. The van der Waals surface area contributed by atoms with Gasteiger partial charge in [-0.2, -0.15) is 5.26 Å². The second-order valence-electron chi connectivity index (χ2n) is 6.20. The molecule has 0 heterocycles. The highest BCUT2D eigenvalue weighted by molar-refractivity contribution is 7.93. The average Bonchev–Trinajstić information content (AvgIpc) is 2.72. The van der Waals surface area contributed by atoms with Crippen molar-refractivity contribution < 1.29 is 17.9 Å². The number of halogens is 2. The minimum atomic E-state index is -4.11. The zero-order chi connectivity index (χ0) is 22.1. The number of unbranched alkanes of at least 4 members (excludes halogenated alkanes) is 2. The lowest BCUT2D eigenvalue weighted by Crippen LogP contribution is -2.31. The van der Waals surface area contributed by atoms with Gasteiger partial charge >= 0.3 is 5.97 Å². The van der Waals surface area contributed by atoms with Gasteiger partial charge in [0.25, 0.3) is 10.0 Å². The number of esters is 1. The first-order chi connectivity index (χ1) is 14.3. The Hall–Kier alpha value is -2.53. The number of benzene rings is 2. The van der Waals surface area contributed by atoms with Crippen molar-refractivity contribution in [1.29, 1.82) is 5.26 Å². The fraction of sp³-hybridized carbons (Fsp3) is 0.238. The fourth-order valence-corrected chi connectivity index (χ4v) is 4.63. The molecule has 0 fully saturated rings. The number of nitriles is 1. The number of nitrogens with zero attached hydrogens (tertiary/aromatic N) is 2. The van der Waals surface area contributed by atoms with Crippen LogP contribution in [0.3, 0.4) is 0 Å². The maximum Gasteiger partial charge on any atom is 0.338 e. The fourth-order valence-electron chi connectivity index (χ4n) is 2.57. The standard InChI is InChI=1S/C21H20Cl2N2O4S/c1-2-13-25(18-9-7-17(22)8-10-18)30(27,28)20-15-16(6-11-19(20)23)21(26)29-14-5-3-4-12-24/h2,6-11,15H,1,3-5,13-14H2. The molecule has 2 rings (SSSR count). The predicted molar refractivity (Wildman–Crippen MR) is 117 cm³/mol. The summed E-state index contributed by atoms with van der Waals surface area (Å²) in [6.45, 7) is 3.75. The molecule has 30 heavy (non-hydrogen) atoms. The van der Waals surface area contributed by atoms with E-state index in [0.29, 0.717) is 30.0 Å². The van der Waals surface area contributed by atoms with Crippen molar-refractivity contribution in [1.82, 2.24) is 0 Å². The molecule has 6 nitrogen and oxygen atoms in total. The number of ether oxygens (including phenoxy) is 1. The largest absolute Gasteiger partial charge is 0.462 e. The van der Waals surface area contributed by atoms with Crippen molar-refractivity contribution in [2.24, 2.45) is 0 Å². The lowest BCUT2D eigenvalue weighted by Gasteiger charge is -2.24. The first-order valence-electron chi connectivity index (χ1n) is 9.04. The summed E-state index contributed by atoms with van der Waals surface area (Å²) in [6, 6.07) is 12.2. The summed E-state index contributed by atoms with van der Waals surface area (Å²) in [4.78, 5) is 12.1. The number of sulfonamides is 1. The second kappa shape index (κ2) is 11.0. The van der Waals surface area contributed by atoms with Gasteiger partial charge in [-0.3, -0.25) is 4.31 Å². The van der Waals surface area contributed by atoms with Gasteiger partial charge in [0.15, 0.2) is 0 Å². The quantitative estimate of drug-likeness (QED) is 0.271. The third-order valence-corrected chi connectivity index (χ3v) is 6.59. The molecule has 2 aromatic rings. The van der Waals surface area contributed by atoms with Crippen LogP contribution < -0.4 is 4.31 Å². The molecule has 158 valence electrons. The molecule has 0 N–H and O–H groups in total. The van der Waals surface area contributed by atoms with Gasteiger partial charge < -0.3 is 4.74 Å². The van der Waals surface area contributed by atoms with E-state index in [4.69, 9.17) is 33.2 Å². The normalized spacial score (nSPS) is 10.8. The van der Waals surface area contributed by atoms with Crippen LogP contribution in [0.5, 0.6) is 0 Å². The van der Waals surface area contributed by atoms with Crippen molar-refractivity contribution >= 4 is 44.9 Å². The third-order valence-electron chi connectivity index (χ3n) is 4.06. The van der Waals surface area contributed by atoms with E-state index in [0.717, 1.165) is 4.31 Å². The lowest BCUT2D eigenvalue weighted by atomic mass is 10.2. The molecule has 0 aromatic heterocycles. The number of anilines is 1. The Balaban J connectivity index is 2.32. The van der Waals surface area contributed by atoms with Crippen LogP contribution in [-0.4, -0.2) is 27.5 Å². The van der Waals surface area contributed by atoms with E-state index in [1.807, 2.05) is 6.07 Å². The molecule has 0 bridgehead atoms. The molecule has 0 aliphatic heterocycles. The average molecular weight is 467 g/mol. The van der Waals surface area contributed by atoms with Gasteiger partial charge in [-0.25, -0.2) is 13.2 Å². The Kier molecular flexibility index (Phi) is 8.72. The van der Waals surface area contributed by atoms with Gasteiger partial charge in [0.2, 0.25) is 0 Å². The first kappa shape index (κ1) is 23.7. The maximum atomic E-state index is 13.3. The van der Waals surface area contributed by atoms with Crippen LogP contribution in [-0.2, 0) is 14.8 Å². The minimum Gasteiger partial charge on any atom is -0.462 e. The van der Waals surface area contributed by atoms with Gasteiger partial charge in [0.1, 0.15) is 4.90 Å². The number of hydrogen-bond donors (Lipinski definition) is 0. The van der Waals surface area contributed by atoms with Crippen molar-refractivity contribution in [3.63, 3.8) is 0 Å². The highest BCUT2D eigenvalue weighted by Gasteiger charge is 2.27. The topological polar surface area (TPSA) is 87.5 Å². The maximum absolute atomic E-state index is 13.3. The molecule has 0 spiro atoms. The third kappa shape index (κ3) is 5.99. The molecule has 0 amide bonds. The van der Waals surface area contributed by atoms with E-state index < -0.39 is 16.0 Å². The van der Waals surface area contributed by atoms with E-state index in [9.17, 15) is 13.2 Å². The van der Waals surface area contributed by atoms with Crippen LogP contribution in [0.4, 0.5) is 5.69 Å². The molecule has 0 radical (unpaired) electrons. The van der Waals surface area contributed by atoms with Gasteiger partial charge in [0.05, 0.1) is 35.5 Å². The van der Waals surface area contributed by atoms with E-state index in [1.54, 1.807) is 24.3 Å². The van der Waals surface area contributed by atoms with E-state index >= 15 is 0 Å². The van der Waals surface area contributed by atoms with Crippen LogP contribution in [0.15, 0.2) is 60.0 Å². The van der Waals surface area contributed by atoms with Crippen molar-refractivity contribution in [2.45, 2.75) is 24.2 Å². The Morgan fingerprint density at radius 3 is 2.50 bits per heavy atom. The second-order valence-corrected chi connectivity index (χ2v) is 8.87. The smallest absolute Gasteiger partial charge is 0.338 e. The van der Waals surface area contributed by atoms with Gasteiger partial charge in [0, 0.05) is 11.4 Å². The molecule has 0 aliphatic carbocycles. The molecule has 0 unspecified atom stereocenters. The Morgan fingerprint density at radius 2 is 1.87 bits per heavy atom. The van der Waals surface area contributed by atoms with E-state index in [2.05, 4.69) is 6.58 Å². The molecular formula is C21H20Cl2N2O4S. The molecule has 2 aromatic carbocycles. The Morgan fingerprint density at radius 1 is 1.17 bits per heavy atom. The van der Waals surface area contributed by atoms with Crippen molar-refractivity contribution in [3.8, 4) is 6.07 Å². The summed E-state index contributed by atoms with van der Waals surface area (Å²) >= 11 is 12.1. The first-order valence-corrected chi connectivity index (χ1v) is 11.2. The lowest BCUT2D eigenvalue weighted by molar-refractivity contribution is 0.0498. The van der Waals surface area contributed by atoms with Gasteiger partial charge in [-0.1, -0.05) is 29.3 Å². The monoisotopic (exact) mass is 466 g/mol. The zero-order valence-corrected chi connectivity index (χ0v) is 18.4. The number of hydrogen-bond acceptors (Lipinski definition) is 5. The van der Waals surface area contributed by atoms with Crippen LogP contribution >= 0.6 is 23.2 Å². The Bertz CT molecular complexity index is 1050. The Labute approximate surface area is 186 Å². The van der Waals surface area contributed by atoms with Crippen LogP contribution in [0.1, 0.15) is 29.6 Å². The molecule has 0 saturated carbocycles. The molecule has 0 aliphatic rings. The minimum absolute atomic E-state index is 0.00609. The van der Waals surface area contributed by atoms with E-state index in [1.165, 1.54) is 24.3 Å². The van der Waals surface area contributed by atoms with Crippen LogP contribution in [0.25, 0.3) is 0 Å². The molecule has 9 heteroatoms. The van der Waals surface area contributed by atoms with Gasteiger partial charge in [-0.05, 0) is 55.3 Å². The summed E-state index contributed by atoms with van der Waals surface area (Å²) in [5, 5.41) is 8.96. The summed E-state index contributed by atoms with van der Waals surface area (Å²) in [7, 11) is -4.11. The summed E-state index contributed by atoms with van der Waals surface area (Å²) < 4.78 is 32.9. The highest BCUT2D eigenvalue weighted by atomic mass is 35.5. The molecule has 0 atom stereocenters. The van der Waals surface area contributed by atoms with Crippen molar-refractivity contribution in [2.75, 3.05) is 17.5 Å². The number of carbonyl (C=O) groups is 1. The summed E-state index contributed by atoms with van der Waals surface area (Å²) in [5.41, 5.74) is 0.439. The summed E-state index contributed by atoms with van der Waals surface area (Å²) in [5.74, 6) is -0.665.